The van der Waals surface area contributed by atoms with Gasteiger partial charge in [-0.3, -0.25) is 10.3 Å². The van der Waals surface area contributed by atoms with Crippen LogP contribution in [-0.2, 0) is 16.3 Å². The molecule has 2 aromatic rings. The molecule has 4 rings (SSSR count). The molecule has 1 amide bonds. The summed E-state index contributed by atoms with van der Waals surface area (Å²) in [5.41, 5.74) is -0.848. The smallest absolute Gasteiger partial charge is 0.416 e. The highest BCUT2D eigenvalue weighted by molar-refractivity contribution is 5.89. The summed E-state index contributed by atoms with van der Waals surface area (Å²) >= 11 is 0. The zero-order valence-electron chi connectivity index (χ0n) is 16.4. The highest BCUT2D eigenvalue weighted by Gasteiger charge is 2.40. The van der Waals surface area contributed by atoms with Crippen LogP contribution in [-0.4, -0.2) is 22.5 Å². The van der Waals surface area contributed by atoms with Gasteiger partial charge in [0.25, 0.3) is 6.43 Å². The van der Waals surface area contributed by atoms with Gasteiger partial charge in [0.1, 0.15) is 5.82 Å². The number of fused-ring (bicyclic) bond motifs is 1. The summed E-state index contributed by atoms with van der Waals surface area (Å²) in [4.78, 5) is 19.9. The Labute approximate surface area is 174 Å². The number of hydrogen-bond acceptors (Lipinski definition) is 4. The molecule has 0 aromatic carbocycles. The maximum atomic E-state index is 13.7. The number of nitrogens with zero attached hydrogens (tertiary/aromatic N) is 2. The number of alkyl halides is 5. The minimum Gasteiger partial charge on any atom is -0.435 e. The molecular formula is C21H18F5N3O2. The molecular weight excluding hydrogens is 421 g/mol. The molecule has 0 spiro atoms. The second-order valence-electron chi connectivity index (χ2n) is 8.02. The topological polar surface area (TPSA) is 64.1 Å². The van der Waals surface area contributed by atoms with E-state index in [9.17, 15) is 26.7 Å². The number of aromatic nitrogens is 2. The zero-order chi connectivity index (χ0) is 22.6. The van der Waals surface area contributed by atoms with Gasteiger partial charge in [0.05, 0.1) is 16.8 Å². The molecule has 3 heterocycles. The lowest BCUT2D eigenvalue weighted by atomic mass is 9.83. The van der Waals surface area contributed by atoms with Crippen LogP contribution in [0.25, 0.3) is 11.3 Å². The number of ether oxygens (including phenoxy) is 1. The third kappa shape index (κ3) is 3.86. The van der Waals surface area contributed by atoms with Crippen molar-refractivity contribution in [3.8, 4) is 11.3 Å². The molecule has 10 heteroatoms. The monoisotopic (exact) mass is 439 g/mol. The molecule has 1 unspecified atom stereocenters. The van der Waals surface area contributed by atoms with Gasteiger partial charge >= 0.3 is 12.3 Å². The predicted molar refractivity (Wildman–Crippen MR) is 102 cm³/mol. The lowest BCUT2D eigenvalue weighted by Crippen LogP contribution is -2.29. The highest BCUT2D eigenvalue weighted by atomic mass is 19.4. The van der Waals surface area contributed by atoms with Gasteiger partial charge < -0.3 is 4.74 Å². The van der Waals surface area contributed by atoms with Crippen molar-refractivity contribution in [2.24, 2.45) is 0 Å². The maximum Gasteiger partial charge on any atom is 0.416 e. The quantitative estimate of drug-likeness (QED) is 0.469. The summed E-state index contributed by atoms with van der Waals surface area (Å²) in [5, 5.41) is 2.22. The minimum atomic E-state index is -4.67. The first-order valence-corrected chi connectivity index (χ1v) is 9.49. The molecule has 2 aromatic heterocycles. The van der Waals surface area contributed by atoms with Crippen LogP contribution in [0.4, 0.5) is 32.6 Å². The van der Waals surface area contributed by atoms with E-state index in [2.05, 4.69) is 21.9 Å². The number of hydrogen-bond donors (Lipinski definition) is 1. The summed E-state index contributed by atoms with van der Waals surface area (Å²) in [6.07, 6.45) is -7.93. The molecule has 1 aliphatic heterocycles. The number of carbonyl (C=O) groups excluding carboxylic acids is 1. The molecule has 1 N–H and O–H groups in total. The van der Waals surface area contributed by atoms with Crippen molar-refractivity contribution in [3.63, 3.8) is 0 Å². The molecule has 2 aliphatic rings. The Bertz CT molecular complexity index is 1070. The van der Waals surface area contributed by atoms with E-state index in [0.29, 0.717) is 19.3 Å². The largest absolute Gasteiger partial charge is 0.435 e. The fourth-order valence-corrected chi connectivity index (χ4v) is 4.10. The number of halogens is 5. The van der Waals surface area contributed by atoms with E-state index in [1.165, 1.54) is 12.3 Å². The summed E-state index contributed by atoms with van der Waals surface area (Å²) in [5.74, 6) is -0.194. The Morgan fingerprint density at radius 3 is 2.68 bits per heavy atom. The SMILES string of the molecule is C=C1CCC(C)(c2cc(C(F)(F)F)cc(-c3ccnc4c3[C@H](C(F)F)OC(=O)N4)n2)C1. The van der Waals surface area contributed by atoms with Gasteiger partial charge in [-0.25, -0.2) is 18.6 Å². The second kappa shape index (κ2) is 7.28. The lowest BCUT2D eigenvalue weighted by molar-refractivity contribution is -0.137. The number of pyridine rings is 2. The standard InChI is InChI=1S/C21H18F5N3O2/c1-10-3-5-20(2,9-10)14-8-11(21(24,25)26)7-13(28-14)12-4-6-27-18-15(12)16(17(22)23)31-19(30)29-18/h4,6-8,16-17H,1,3,5,9H2,2H3,(H,27,29,30)/t16-,20?/m1/s1. The van der Waals surface area contributed by atoms with Gasteiger partial charge in [-0.1, -0.05) is 19.1 Å². The predicted octanol–water partition coefficient (Wildman–Crippen LogP) is 6.03. The first-order valence-electron chi connectivity index (χ1n) is 9.49. The Kier molecular flexibility index (Phi) is 4.98. The van der Waals surface area contributed by atoms with Crippen molar-refractivity contribution >= 4 is 11.9 Å². The number of amides is 1. The van der Waals surface area contributed by atoms with Crippen LogP contribution >= 0.6 is 0 Å². The van der Waals surface area contributed by atoms with Crippen molar-refractivity contribution in [1.29, 1.82) is 0 Å². The number of carbonyl (C=O) groups is 1. The van der Waals surface area contributed by atoms with E-state index in [-0.39, 0.29) is 28.3 Å². The van der Waals surface area contributed by atoms with Gasteiger partial charge in [-0.05, 0) is 37.5 Å². The van der Waals surface area contributed by atoms with Crippen LogP contribution in [0.1, 0.15) is 49.1 Å². The van der Waals surface area contributed by atoms with E-state index < -0.39 is 35.8 Å². The number of anilines is 1. The van der Waals surface area contributed by atoms with Crippen LogP contribution in [0.2, 0.25) is 0 Å². The number of cyclic esters (lactones) is 1. The summed E-state index contributed by atoms with van der Waals surface area (Å²) in [6, 6.07) is 3.10. The normalized spacial score (nSPS) is 23.5. The molecule has 31 heavy (non-hydrogen) atoms. The fraction of sp³-hybridized carbons (Fsp3) is 0.381. The second-order valence-corrected chi connectivity index (χ2v) is 8.02. The van der Waals surface area contributed by atoms with Gasteiger partial charge in [-0.2, -0.15) is 13.2 Å². The number of allylic oxidation sites excluding steroid dienone is 1. The van der Waals surface area contributed by atoms with Crippen LogP contribution in [0.5, 0.6) is 0 Å². The third-order valence-electron chi connectivity index (χ3n) is 5.68. The van der Waals surface area contributed by atoms with Crippen molar-refractivity contribution in [3.05, 3.63) is 53.4 Å². The molecule has 1 saturated carbocycles. The average molecular weight is 439 g/mol. The molecule has 0 radical (unpaired) electrons. The fourth-order valence-electron chi connectivity index (χ4n) is 4.10. The van der Waals surface area contributed by atoms with E-state index in [1.54, 1.807) is 0 Å². The number of nitrogens with one attached hydrogen (secondary N) is 1. The molecule has 1 fully saturated rings. The van der Waals surface area contributed by atoms with Crippen LogP contribution in [0, 0.1) is 0 Å². The van der Waals surface area contributed by atoms with Crippen molar-refractivity contribution in [1.82, 2.24) is 9.97 Å². The van der Waals surface area contributed by atoms with E-state index in [0.717, 1.165) is 17.7 Å². The summed E-state index contributed by atoms with van der Waals surface area (Å²) in [6.45, 7) is 5.73. The summed E-state index contributed by atoms with van der Waals surface area (Å²) in [7, 11) is 0. The van der Waals surface area contributed by atoms with Crippen molar-refractivity contribution < 1.29 is 31.5 Å². The Balaban J connectivity index is 1.93. The van der Waals surface area contributed by atoms with Crippen molar-refractivity contribution in [2.75, 3.05) is 5.32 Å². The first-order chi connectivity index (χ1) is 14.5. The maximum absolute atomic E-state index is 13.7. The Hall–Kier alpha value is -3.04. The van der Waals surface area contributed by atoms with E-state index >= 15 is 0 Å². The molecule has 0 saturated heterocycles. The number of rotatable bonds is 3. The van der Waals surface area contributed by atoms with Crippen LogP contribution in [0.15, 0.2) is 36.5 Å². The average Bonchev–Trinajstić information content (AvgIpc) is 3.05. The molecule has 164 valence electrons. The minimum absolute atomic E-state index is 0.0110. The van der Waals surface area contributed by atoms with Crippen molar-refractivity contribution in [2.45, 2.75) is 50.3 Å². The Morgan fingerprint density at radius 2 is 2.06 bits per heavy atom. The molecule has 1 aliphatic carbocycles. The third-order valence-corrected chi connectivity index (χ3v) is 5.68. The molecule has 5 nitrogen and oxygen atoms in total. The van der Waals surface area contributed by atoms with Gasteiger partial charge in [0.2, 0.25) is 0 Å². The van der Waals surface area contributed by atoms with Gasteiger partial charge in [0.15, 0.2) is 6.10 Å². The van der Waals surface area contributed by atoms with E-state index in [4.69, 9.17) is 4.74 Å². The zero-order valence-corrected chi connectivity index (χ0v) is 16.4. The van der Waals surface area contributed by atoms with E-state index in [1.807, 2.05) is 6.92 Å². The Morgan fingerprint density at radius 1 is 1.32 bits per heavy atom. The van der Waals surface area contributed by atoms with Gasteiger partial charge in [-0.15, -0.1) is 0 Å². The summed E-state index contributed by atoms with van der Waals surface area (Å²) < 4.78 is 73.0. The molecule has 0 bridgehead atoms. The van der Waals surface area contributed by atoms with Crippen LogP contribution < -0.4 is 5.32 Å². The highest BCUT2D eigenvalue weighted by Crippen LogP contribution is 2.46. The lowest BCUT2D eigenvalue weighted by Gasteiger charge is -2.28. The molecule has 2 atom stereocenters. The first kappa shape index (κ1) is 21.2. The van der Waals surface area contributed by atoms with Crippen LogP contribution in [0.3, 0.4) is 0 Å². The van der Waals surface area contributed by atoms with Gasteiger partial charge in [0, 0.05) is 22.9 Å².